The van der Waals surface area contributed by atoms with Crippen molar-refractivity contribution in [2.24, 2.45) is 0 Å². The van der Waals surface area contributed by atoms with Gasteiger partial charge in [0.2, 0.25) is 11.8 Å². The normalized spacial score (nSPS) is 16.9. The zero-order valence-electron chi connectivity index (χ0n) is 15.8. The van der Waals surface area contributed by atoms with Crippen molar-refractivity contribution in [3.05, 3.63) is 59.7 Å². The molecule has 0 unspecified atom stereocenters. The number of rotatable bonds is 6. The highest BCUT2D eigenvalue weighted by Crippen LogP contribution is 2.43. The van der Waals surface area contributed by atoms with Gasteiger partial charge in [0, 0.05) is 17.8 Å². The van der Waals surface area contributed by atoms with Crippen molar-refractivity contribution in [1.29, 1.82) is 0 Å². The van der Waals surface area contributed by atoms with E-state index in [9.17, 15) is 22.8 Å². The molecule has 1 aliphatic heterocycles. The Bertz CT molecular complexity index is 884. The van der Waals surface area contributed by atoms with Crippen LogP contribution < -0.4 is 10.2 Å². The molecule has 0 bridgehead atoms. The maximum Gasteiger partial charge on any atom is 0.416 e. The standard InChI is InChI=1S/C21H21F3N2O2S/c1-2-3-7-18(27)25-16-6-4-5-14(12-16)20-26(19(28)13-29-20)17-10-8-15(9-11-17)21(22,23)24/h4-6,8-12,20H,2-3,7,13H2,1H3,(H,25,27)/t20-/m1/s1. The third-order valence-corrected chi connectivity index (χ3v) is 5.77. The predicted molar refractivity (Wildman–Crippen MR) is 109 cm³/mol. The van der Waals surface area contributed by atoms with Gasteiger partial charge in [-0.2, -0.15) is 13.2 Å². The molecular weight excluding hydrogens is 401 g/mol. The minimum absolute atomic E-state index is 0.0706. The van der Waals surface area contributed by atoms with Gasteiger partial charge in [-0.25, -0.2) is 0 Å². The van der Waals surface area contributed by atoms with Crippen LogP contribution in [0.1, 0.15) is 42.7 Å². The van der Waals surface area contributed by atoms with E-state index in [1.807, 2.05) is 13.0 Å². The molecule has 2 aromatic rings. The molecule has 0 spiro atoms. The number of hydrogen-bond donors (Lipinski definition) is 1. The molecule has 0 saturated carbocycles. The fraction of sp³-hybridized carbons (Fsp3) is 0.333. The van der Waals surface area contributed by atoms with Gasteiger partial charge in [-0.05, 0) is 48.4 Å². The first-order valence-corrected chi connectivity index (χ1v) is 10.3. The average molecular weight is 422 g/mol. The van der Waals surface area contributed by atoms with Gasteiger partial charge in [-0.1, -0.05) is 25.5 Å². The second-order valence-electron chi connectivity index (χ2n) is 6.75. The second-order valence-corrected chi connectivity index (χ2v) is 7.82. The number of thioether (sulfide) groups is 1. The van der Waals surface area contributed by atoms with E-state index in [2.05, 4.69) is 5.32 Å². The molecule has 4 nitrogen and oxygen atoms in total. The first-order chi connectivity index (χ1) is 13.8. The van der Waals surface area contributed by atoms with Gasteiger partial charge in [0.05, 0.1) is 11.3 Å². The van der Waals surface area contributed by atoms with Crippen LogP contribution in [0.5, 0.6) is 0 Å². The largest absolute Gasteiger partial charge is 0.416 e. The molecule has 154 valence electrons. The molecular formula is C21H21F3N2O2S. The van der Waals surface area contributed by atoms with Crippen LogP contribution in [0.3, 0.4) is 0 Å². The van der Waals surface area contributed by atoms with Crippen molar-refractivity contribution in [3.63, 3.8) is 0 Å². The predicted octanol–water partition coefficient (Wildman–Crippen LogP) is 5.61. The number of halogens is 3. The summed E-state index contributed by atoms with van der Waals surface area (Å²) in [7, 11) is 0. The quantitative estimate of drug-likeness (QED) is 0.658. The minimum atomic E-state index is -4.42. The zero-order valence-corrected chi connectivity index (χ0v) is 16.6. The third kappa shape index (κ3) is 5.12. The van der Waals surface area contributed by atoms with Gasteiger partial charge in [-0.3, -0.25) is 14.5 Å². The lowest BCUT2D eigenvalue weighted by Crippen LogP contribution is -2.28. The highest BCUT2D eigenvalue weighted by molar-refractivity contribution is 8.00. The number of unbranched alkanes of at least 4 members (excludes halogenated alkanes) is 1. The number of alkyl halides is 3. The first kappa shape index (κ1) is 21.2. The van der Waals surface area contributed by atoms with E-state index in [4.69, 9.17) is 0 Å². The van der Waals surface area contributed by atoms with Crippen molar-refractivity contribution in [2.75, 3.05) is 16.0 Å². The molecule has 1 fully saturated rings. The van der Waals surface area contributed by atoms with E-state index in [0.29, 0.717) is 17.8 Å². The number of hydrogen-bond acceptors (Lipinski definition) is 3. The van der Waals surface area contributed by atoms with Crippen molar-refractivity contribution >= 4 is 35.0 Å². The summed E-state index contributed by atoms with van der Waals surface area (Å²) in [5.41, 5.74) is 1.09. The van der Waals surface area contributed by atoms with Crippen LogP contribution >= 0.6 is 11.8 Å². The maximum atomic E-state index is 12.8. The molecule has 1 atom stereocenters. The Hall–Kier alpha value is -2.48. The molecule has 3 rings (SSSR count). The number of carbonyl (C=O) groups excluding carboxylic acids is 2. The summed E-state index contributed by atoms with van der Waals surface area (Å²) < 4.78 is 38.5. The molecule has 0 radical (unpaired) electrons. The number of nitrogens with zero attached hydrogens (tertiary/aromatic N) is 1. The smallest absolute Gasteiger partial charge is 0.326 e. The van der Waals surface area contributed by atoms with Crippen LogP contribution in [0.2, 0.25) is 0 Å². The monoisotopic (exact) mass is 422 g/mol. The Morgan fingerprint density at radius 3 is 2.59 bits per heavy atom. The Balaban J connectivity index is 1.82. The first-order valence-electron chi connectivity index (χ1n) is 9.30. The minimum Gasteiger partial charge on any atom is -0.326 e. The molecule has 0 aromatic heterocycles. The van der Waals surface area contributed by atoms with Crippen molar-refractivity contribution in [1.82, 2.24) is 0 Å². The summed E-state index contributed by atoms with van der Waals surface area (Å²) in [6.45, 7) is 2.01. The van der Waals surface area contributed by atoms with Crippen LogP contribution in [-0.4, -0.2) is 17.6 Å². The fourth-order valence-electron chi connectivity index (χ4n) is 3.09. The van der Waals surface area contributed by atoms with Gasteiger partial charge in [0.1, 0.15) is 5.37 Å². The Morgan fingerprint density at radius 2 is 1.93 bits per heavy atom. The molecule has 1 N–H and O–H groups in total. The van der Waals surface area contributed by atoms with Crippen molar-refractivity contribution < 1.29 is 22.8 Å². The highest BCUT2D eigenvalue weighted by Gasteiger charge is 2.35. The maximum absolute atomic E-state index is 12.8. The summed E-state index contributed by atoms with van der Waals surface area (Å²) in [4.78, 5) is 25.9. The molecule has 0 aliphatic carbocycles. The number of carbonyl (C=O) groups is 2. The van der Waals surface area contributed by atoms with Crippen molar-refractivity contribution in [2.45, 2.75) is 37.7 Å². The van der Waals surface area contributed by atoms with Crippen LogP contribution in [0.4, 0.5) is 24.5 Å². The lowest BCUT2D eigenvalue weighted by atomic mass is 10.1. The van der Waals surface area contributed by atoms with E-state index in [-0.39, 0.29) is 22.9 Å². The number of nitrogens with one attached hydrogen (secondary N) is 1. The van der Waals surface area contributed by atoms with Gasteiger partial charge in [0.25, 0.3) is 0 Å². The molecule has 1 saturated heterocycles. The van der Waals surface area contributed by atoms with Crippen LogP contribution in [0.25, 0.3) is 0 Å². The topological polar surface area (TPSA) is 49.4 Å². The zero-order chi connectivity index (χ0) is 21.0. The van der Waals surface area contributed by atoms with Gasteiger partial charge in [-0.15, -0.1) is 11.8 Å². The summed E-state index contributed by atoms with van der Waals surface area (Å²) in [6, 6.07) is 11.8. The Morgan fingerprint density at radius 1 is 1.21 bits per heavy atom. The van der Waals surface area contributed by atoms with E-state index < -0.39 is 11.7 Å². The number of amides is 2. The summed E-state index contributed by atoms with van der Waals surface area (Å²) in [5, 5.41) is 2.49. The number of anilines is 2. The van der Waals surface area contributed by atoms with E-state index in [1.54, 1.807) is 18.2 Å². The molecule has 8 heteroatoms. The van der Waals surface area contributed by atoms with E-state index >= 15 is 0 Å². The summed E-state index contributed by atoms with van der Waals surface area (Å²) >= 11 is 1.40. The average Bonchev–Trinajstić information content (AvgIpc) is 3.07. The lowest BCUT2D eigenvalue weighted by Gasteiger charge is -2.25. The third-order valence-electron chi connectivity index (χ3n) is 4.55. The van der Waals surface area contributed by atoms with E-state index in [1.165, 1.54) is 28.8 Å². The van der Waals surface area contributed by atoms with Crippen LogP contribution in [0, 0.1) is 0 Å². The molecule has 29 heavy (non-hydrogen) atoms. The number of benzene rings is 2. The van der Waals surface area contributed by atoms with Gasteiger partial charge >= 0.3 is 6.18 Å². The van der Waals surface area contributed by atoms with Crippen LogP contribution in [-0.2, 0) is 15.8 Å². The Kier molecular flexibility index (Phi) is 6.52. The summed E-state index contributed by atoms with van der Waals surface area (Å²) in [6.07, 6.45) is -2.25. The molecule has 2 amide bonds. The second kappa shape index (κ2) is 8.90. The van der Waals surface area contributed by atoms with Gasteiger partial charge < -0.3 is 5.32 Å². The molecule has 1 heterocycles. The lowest BCUT2D eigenvalue weighted by molar-refractivity contribution is -0.137. The van der Waals surface area contributed by atoms with Crippen LogP contribution in [0.15, 0.2) is 48.5 Å². The van der Waals surface area contributed by atoms with E-state index in [0.717, 1.165) is 30.5 Å². The SMILES string of the molecule is CCCCC(=O)Nc1cccc([C@H]2SCC(=O)N2c2ccc(C(F)(F)F)cc2)c1. The molecule has 2 aromatic carbocycles. The Labute approximate surface area is 171 Å². The molecule has 1 aliphatic rings. The summed E-state index contributed by atoms with van der Waals surface area (Å²) in [5.74, 6) is -0.00502. The highest BCUT2D eigenvalue weighted by atomic mass is 32.2. The fourth-order valence-corrected chi connectivity index (χ4v) is 4.26. The van der Waals surface area contributed by atoms with Crippen molar-refractivity contribution in [3.8, 4) is 0 Å². The van der Waals surface area contributed by atoms with Gasteiger partial charge in [0.15, 0.2) is 0 Å².